The summed E-state index contributed by atoms with van der Waals surface area (Å²) in [5, 5.41) is 6.06. The number of nitrogens with zero attached hydrogens (tertiary/aromatic N) is 1. The molecule has 1 aromatic heterocycles. The number of carbonyl (C=O) groups excluding carboxylic acids is 2. The van der Waals surface area contributed by atoms with E-state index < -0.39 is 36.6 Å². The summed E-state index contributed by atoms with van der Waals surface area (Å²) >= 11 is 0. The molecule has 0 spiro atoms. The van der Waals surface area contributed by atoms with E-state index in [0.717, 1.165) is 17.7 Å². The SMILES string of the molecule is CCP(=O)(CC)c1cncc(C(=O)N[C@H](C)c2ccc(-c3cc(C(F)(F)F)ccc3CNC(=O)OC(C)(C)C)cc2)c1. The number of aromatic nitrogens is 1. The average molecular weight is 604 g/mol. The molecule has 1 heterocycles. The van der Waals surface area contributed by atoms with Gasteiger partial charge in [-0.15, -0.1) is 0 Å². The summed E-state index contributed by atoms with van der Waals surface area (Å²) in [5.41, 5.74) is 0.788. The molecule has 0 aliphatic heterocycles. The van der Waals surface area contributed by atoms with Gasteiger partial charge in [0.1, 0.15) is 12.7 Å². The molecule has 0 aliphatic carbocycles. The third kappa shape index (κ3) is 8.44. The van der Waals surface area contributed by atoms with E-state index in [1.165, 1.54) is 18.5 Å². The average Bonchev–Trinajstić information content (AvgIpc) is 2.94. The predicted molar refractivity (Wildman–Crippen MR) is 158 cm³/mol. The first-order valence-corrected chi connectivity index (χ1v) is 15.8. The number of alkyl carbamates (subject to hydrolysis) is 1. The van der Waals surface area contributed by atoms with E-state index in [-0.39, 0.29) is 12.5 Å². The van der Waals surface area contributed by atoms with Crippen LogP contribution in [0.5, 0.6) is 0 Å². The van der Waals surface area contributed by atoms with Gasteiger partial charge in [-0.25, -0.2) is 4.79 Å². The first kappa shape index (κ1) is 32.9. The Hall–Kier alpha value is -3.65. The predicted octanol–water partition coefficient (Wildman–Crippen LogP) is 7.31. The minimum atomic E-state index is -4.54. The highest BCUT2D eigenvalue weighted by Crippen LogP contribution is 2.43. The number of rotatable bonds is 9. The molecule has 226 valence electrons. The Balaban J connectivity index is 1.82. The quantitative estimate of drug-likeness (QED) is 0.250. The van der Waals surface area contributed by atoms with Crippen LogP contribution in [-0.2, 0) is 22.0 Å². The third-order valence-electron chi connectivity index (χ3n) is 6.81. The molecule has 0 unspecified atom stereocenters. The van der Waals surface area contributed by atoms with E-state index in [1.807, 2.05) is 13.8 Å². The fraction of sp³-hybridized carbons (Fsp3) is 0.387. The van der Waals surface area contributed by atoms with Crippen molar-refractivity contribution in [3.8, 4) is 11.1 Å². The second-order valence-electron chi connectivity index (χ2n) is 11.0. The third-order valence-corrected chi connectivity index (χ3v) is 10.0. The molecule has 1 atom stereocenters. The molecular formula is C31H37F3N3O4P. The second-order valence-corrected chi connectivity index (χ2v) is 14.6. The molecular weight excluding hydrogens is 566 g/mol. The summed E-state index contributed by atoms with van der Waals surface area (Å²) in [7, 11) is -2.61. The Morgan fingerprint density at radius 2 is 1.62 bits per heavy atom. The fourth-order valence-electron chi connectivity index (χ4n) is 4.34. The first-order valence-electron chi connectivity index (χ1n) is 13.7. The highest BCUT2D eigenvalue weighted by Gasteiger charge is 2.31. The summed E-state index contributed by atoms with van der Waals surface area (Å²) in [6.07, 6.45) is -1.31. The fourth-order valence-corrected chi connectivity index (χ4v) is 6.16. The van der Waals surface area contributed by atoms with Gasteiger partial charge in [0.15, 0.2) is 0 Å². The monoisotopic (exact) mass is 603 g/mol. The van der Waals surface area contributed by atoms with Gasteiger partial charge in [0.2, 0.25) is 0 Å². The molecule has 3 aromatic rings. The van der Waals surface area contributed by atoms with Crippen LogP contribution < -0.4 is 15.9 Å². The number of benzene rings is 2. The van der Waals surface area contributed by atoms with E-state index >= 15 is 0 Å². The van der Waals surface area contributed by atoms with Crippen LogP contribution >= 0.6 is 7.14 Å². The number of alkyl halides is 3. The molecule has 0 saturated heterocycles. The van der Waals surface area contributed by atoms with Gasteiger partial charge in [0, 0.05) is 36.6 Å². The largest absolute Gasteiger partial charge is 0.444 e. The molecule has 3 rings (SSSR count). The molecule has 2 amide bonds. The molecule has 2 N–H and O–H groups in total. The summed E-state index contributed by atoms with van der Waals surface area (Å²) in [6.45, 7) is 10.6. The standard InChI is InChI=1S/C31H37F3N3O4P/c1-7-42(40,8-2)26-15-24(17-35-19-26)28(38)37-20(3)21-9-11-22(12-10-21)27-16-25(31(32,33)34)14-13-23(27)18-36-29(39)41-30(4,5)6/h9-17,19-20H,7-8,18H2,1-6H3,(H,36,39)(H,37,38)/t20-/m1/s1. The van der Waals surface area contributed by atoms with Gasteiger partial charge in [-0.3, -0.25) is 9.78 Å². The van der Waals surface area contributed by atoms with Crippen LogP contribution in [0.1, 0.15) is 74.6 Å². The molecule has 11 heteroatoms. The summed E-state index contributed by atoms with van der Waals surface area (Å²) < 4.78 is 58.9. The van der Waals surface area contributed by atoms with Gasteiger partial charge in [0.05, 0.1) is 17.2 Å². The van der Waals surface area contributed by atoms with E-state index in [1.54, 1.807) is 58.0 Å². The van der Waals surface area contributed by atoms with Crippen LogP contribution in [0.2, 0.25) is 0 Å². The van der Waals surface area contributed by atoms with Crippen LogP contribution in [0, 0.1) is 0 Å². The normalized spacial score (nSPS) is 12.9. The topological polar surface area (TPSA) is 97.4 Å². The van der Waals surface area contributed by atoms with Crippen molar-refractivity contribution in [2.24, 2.45) is 0 Å². The lowest BCUT2D eigenvalue weighted by Gasteiger charge is -2.20. The van der Waals surface area contributed by atoms with Crippen LogP contribution in [0.15, 0.2) is 60.9 Å². The molecule has 0 radical (unpaired) electrons. The van der Waals surface area contributed by atoms with Crippen molar-refractivity contribution < 1.29 is 32.1 Å². The van der Waals surface area contributed by atoms with Crippen molar-refractivity contribution in [2.75, 3.05) is 12.3 Å². The Morgan fingerprint density at radius 3 is 2.19 bits per heavy atom. The lowest BCUT2D eigenvalue weighted by molar-refractivity contribution is -0.137. The van der Waals surface area contributed by atoms with Crippen LogP contribution in [-0.4, -0.2) is 34.9 Å². The number of nitrogens with one attached hydrogen (secondary N) is 2. The summed E-state index contributed by atoms with van der Waals surface area (Å²) in [6, 6.07) is 11.3. The maximum atomic E-state index is 13.5. The van der Waals surface area contributed by atoms with Crippen molar-refractivity contribution in [3.05, 3.63) is 83.2 Å². The minimum Gasteiger partial charge on any atom is -0.444 e. The highest BCUT2D eigenvalue weighted by atomic mass is 31.2. The molecule has 0 aliphatic rings. The molecule has 2 aromatic carbocycles. The number of amides is 2. The van der Waals surface area contributed by atoms with E-state index in [9.17, 15) is 27.3 Å². The van der Waals surface area contributed by atoms with Gasteiger partial charge < -0.3 is 19.9 Å². The van der Waals surface area contributed by atoms with Crippen molar-refractivity contribution in [3.63, 3.8) is 0 Å². The zero-order valence-electron chi connectivity index (χ0n) is 24.6. The van der Waals surface area contributed by atoms with Crippen molar-refractivity contribution >= 4 is 24.4 Å². The number of hydrogen-bond donors (Lipinski definition) is 2. The van der Waals surface area contributed by atoms with Crippen molar-refractivity contribution in [1.29, 1.82) is 0 Å². The van der Waals surface area contributed by atoms with Gasteiger partial charge in [-0.05, 0) is 68.1 Å². The zero-order valence-corrected chi connectivity index (χ0v) is 25.5. The Morgan fingerprint density at radius 1 is 0.976 bits per heavy atom. The number of hydrogen-bond acceptors (Lipinski definition) is 5. The lowest BCUT2D eigenvalue weighted by atomic mass is 9.95. The maximum Gasteiger partial charge on any atom is 0.416 e. The second kappa shape index (κ2) is 13.1. The Bertz CT molecular complexity index is 1460. The smallest absolute Gasteiger partial charge is 0.416 e. The number of carbonyl (C=O) groups is 2. The number of halogens is 3. The van der Waals surface area contributed by atoms with Gasteiger partial charge in [-0.2, -0.15) is 13.2 Å². The Labute approximate surface area is 244 Å². The first-order chi connectivity index (χ1) is 19.6. The van der Waals surface area contributed by atoms with Crippen LogP contribution in [0.4, 0.5) is 18.0 Å². The maximum absolute atomic E-state index is 13.5. The number of pyridine rings is 1. The van der Waals surface area contributed by atoms with Gasteiger partial charge in [0.25, 0.3) is 5.91 Å². The van der Waals surface area contributed by atoms with Crippen LogP contribution in [0.3, 0.4) is 0 Å². The summed E-state index contributed by atoms with van der Waals surface area (Å²) in [5.74, 6) is -0.381. The number of ether oxygens (including phenoxy) is 1. The molecule has 0 saturated carbocycles. The summed E-state index contributed by atoms with van der Waals surface area (Å²) in [4.78, 5) is 29.2. The molecule has 0 fully saturated rings. The minimum absolute atomic E-state index is 0.0350. The van der Waals surface area contributed by atoms with E-state index in [0.29, 0.717) is 39.9 Å². The van der Waals surface area contributed by atoms with E-state index in [4.69, 9.17) is 4.74 Å². The van der Waals surface area contributed by atoms with Crippen molar-refractivity contribution in [1.82, 2.24) is 15.6 Å². The van der Waals surface area contributed by atoms with Crippen molar-refractivity contribution in [2.45, 2.75) is 65.9 Å². The van der Waals surface area contributed by atoms with E-state index in [2.05, 4.69) is 15.6 Å². The van der Waals surface area contributed by atoms with Gasteiger partial charge >= 0.3 is 12.3 Å². The van der Waals surface area contributed by atoms with Crippen LogP contribution in [0.25, 0.3) is 11.1 Å². The lowest BCUT2D eigenvalue weighted by Crippen LogP contribution is -2.32. The zero-order chi connectivity index (χ0) is 31.3. The molecule has 42 heavy (non-hydrogen) atoms. The highest BCUT2D eigenvalue weighted by molar-refractivity contribution is 7.71. The molecule has 7 nitrogen and oxygen atoms in total. The molecule has 0 bridgehead atoms. The Kier molecular flexibility index (Phi) is 10.3. The van der Waals surface area contributed by atoms with Gasteiger partial charge in [-0.1, -0.05) is 44.2 Å².